The van der Waals surface area contributed by atoms with Gasteiger partial charge in [-0.3, -0.25) is 0 Å². The Kier molecular flexibility index (Phi) is 5.42. The molecule has 0 aliphatic carbocycles. The van der Waals surface area contributed by atoms with Crippen molar-refractivity contribution in [3.05, 3.63) is 66.5 Å². The highest BCUT2D eigenvalue weighted by atomic mass is 16.5. The summed E-state index contributed by atoms with van der Waals surface area (Å²) in [5.41, 5.74) is 0.969. The Hall–Kier alpha value is -3.08. The Labute approximate surface area is 166 Å². The number of anilines is 3. The third kappa shape index (κ3) is 4.60. The summed E-state index contributed by atoms with van der Waals surface area (Å²) in [6.45, 7) is 6.37. The molecule has 4 rings (SSSR count). The van der Waals surface area contributed by atoms with Gasteiger partial charge in [-0.1, -0.05) is 25.1 Å². The minimum absolute atomic E-state index is 0.706. The van der Waals surface area contributed by atoms with E-state index in [0.717, 1.165) is 47.7 Å². The van der Waals surface area contributed by atoms with Crippen LogP contribution in [0.4, 0.5) is 17.3 Å². The van der Waals surface area contributed by atoms with E-state index in [9.17, 15) is 0 Å². The van der Waals surface area contributed by atoms with Gasteiger partial charge in [-0.05, 0) is 62.1 Å². The molecule has 1 aliphatic rings. The van der Waals surface area contributed by atoms with Gasteiger partial charge in [0, 0.05) is 24.8 Å². The van der Waals surface area contributed by atoms with Gasteiger partial charge in [0.15, 0.2) is 0 Å². The molecule has 1 aromatic heterocycles. The van der Waals surface area contributed by atoms with Crippen LogP contribution in [0, 0.1) is 12.8 Å². The monoisotopic (exact) mass is 374 g/mol. The molecule has 28 heavy (non-hydrogen) atoms. The SMILES string of the molecule is Cc1nc(Nc2ccc(Oc3ccccc3)cc2)cc(N2CCCC(C)C2)n1. The summed E-state index contributed by atoms with van der Waals surface area (Å²) in [5, 5.41) is 3.39. The summed E-state index contributed by atoms with van der Waals surface area (Å²) in [6, 6.07) is 19.7. The van der Waals surface area contributed by atoms with E-state index in [1.165, 1.54) is 12.8 Å². The third-order valence-corrected chi connectivity index (χ3v) is 4.91. The van der Waals surface area contributed by atoms with Gasteiger partial charge < -0.3 is 15.0 Å². The number of nitrogens with one attached hydrogen (secondary N) is 1. The van der Waals surface area contributed by atoms with Crippen LogP contribution in [0.3, 0.4) is 0 Å². The van der Waals surface area contributed by atoms with E-state index in [1.807, 2.05) is 67.6 Å². The number of aryl methyl sites for hydroxylation is 1. The summed E-state index contributed by atoms with van der Waals surface area (Å²) in [6.07, 6.45) is 2.51. The van der Waals surface area contributed by atoms with Gasteiger partial charge in [0.05, 0.1) is 0 Å². The Morgan fingerprint density at radius 3 is 2.50 bits per heavy atom. The van der Waals surface area contributed by atoms with Crippen molar-refractivity contribution in [2.24, 2.45) is 5.92 Å². The average molecular weight is 374 g/mol. The lowest BCUT2D eigenvalue weighted by Crippen LogP contribution is -2.35. The van der Waals surface area contributed by atoms with Crippen molar-refractivity contribution < 1.29 is 4.74 Å². The van der Waals surface area contributed by atoms with Gasteiger partial charge in [-0.25, -0.2) is 9.97 Å². The van der Waals surface area contributed by atoms with E-state index in [-0.39, 0.29) is 0 Å². The summed E-state index contributed by atoms with van der Waals surface area (Å²) in [5.74, 6) is 4.94. The molecule has 0 radical (unpaired) electrons. The molecule has 1 fully saturated rings. The second kappa shape index (κ2) is 8.30. The van der Waals surface area contributed by atoms with Crippen LogP contribution in [-0.2, 0) is 0 Å². The van der Waals surface area contributed by atoms with Crippen LogP contribution in [-0.4, -0.2) is 23.1 Å². The summed E-state index contributed by atoms with van der Waals surface area (Å²) in [4.78, 5) is 11.6. The van der Waals surface area contributed by atoms with Crippen LogP contribution in [0.2, 0.25) is 0 Å². The number of aromatic nitrogens is 2. The van der Waals surface area contributed by atoms with Crippen molar-refractivity contribution in [1.82, 2.24) is 9.97 Å². The average Bonchev–Trinajstić information content (AvgIpc) is 2.70. The molecule has 1 unspecified atom stereocenters. The molecule has 1 N–H and O–H groups in total. The zero-order chi connectivity index (χ0) is 19.3. The molecule has 144 valence electrons. The number of piperidine rings is 1. The van der Waals surface area contributed by atoms with Gasteiger partial charge in [-0.2, -0.15) is 0 Å². The molecule has 3 aromatic rings. The molecule has 0 saturated carbocycles. The van der Waals surface area contributed by atoms with E-state index in [0.29, 0.717) is 5.92 Å². The topological polar surface area (TPSA) is 50.3 Å². The fourth-order valence-corrected chi connectivity index (χ4v) is 3.55. The molecule has 0 amide bonds. The lowest BCUT2D eigenvalue weighted by Gasteiger charge is -2.32. The molecule has 5 heteroatoms. The third-order valence-electron chi connectivity index (χ3n) is 4.91. The van der Waals surface area contributed by atoms with Crippen LogP contribution in [0.5, 0.6) is 11.5 Å². The van der Waals surface area contributed by atoms with Crippen LogP contribution < -0.4 is 15.0 Å². The molecular weight excluding hydrogens is 348 g/mol. The number of para-hydroxylation sites is 1. The van der Waals surface area contributed by atoms with Gasteiger partial charge in [0.1, 0.15) is 29.0 Å². The fraction of sp³-hybridized carbons (Fsp3) is 0.304. The first-order valence-electron chi connectivity index (χ1n) is 9.86. The first kappa shape index (κ1) is 18.3. The molecule has 1 aliphatic heterocycles. The highest BCUT2D eigenvalue weighted by Gasteiger charge is 2.18. The van der Waals surface area contributed by atoms with Gasteiger partial charge in [-0.15, -0.1) is 0 Å². The van der Waals surface area contributed by atoms with E-state index in [4.69, 9.17) is 4.74 Å². The van der Waals surface area contributed by atoms with Crippen molar-refractivity contribution in [3.8, 4) is 11.5 Å². The number of nitrogens with zero attached hydrogens (tertiary/aromatic N) is 3. The van der Waals surface area contributed by atoms with Crippen molar-refractivity contribution in [1.29, 1.82) is 0 Å². The highest BCUT2D eigenvalue weighted by Crippen LogP contribution is 2.26. The Morgan fingerprint density at radius 2 is 1.75 bits per heavy atom. The quantitative estimate of drug-likeness (QED) is 0.634. The lowest BCUT2D eigenvalue weighted by molar-refractivity contribution is 0.444. The largest absolute Gasteiger partial charge is 0.457 e. The van der Waals surface area contributed by atoms with Crippen LogP contribution >= 0.6 is 0 Å². The maximum Gasteiger partial charge on any atom is 0.136 e. The van der Waals surface area contributed by atoms with E-state index in [2.05, 4.69) is 27.1 Å². The highest BCUT2D eigenvalue weighted by molar-refractivity contribution is 5.60. The molecule has 1 saturated heterocycles. The molecule has 1 atom stereocenters. The predicted molar refractivity (Wildman–Crippen MR) is 114 cm³/mol. The van der Waals surface area contributed by atoms with Gasteiger partial charge in [0.2, 0.25) is 0 Å². The Morgan fingerprint density at radius 1 is 1.00 bits per heavy atom. The standard InChI is InChI=1S/C23H26N4O/c1-17-7-6-14-27(16-17)23-15-22(24-18(2)25-23)26-19-10-12-21(13-11-19)28-20-8-4-3-5-9-20/h3-5,8-13,15,17H,6-7,14,16H2,1-2H3,(H,24,25,26). The normalized spacial score (nSPS) is 16.6. The van der Waals surface area contributed by atoms with E-state index in [1.54, 1.807) is 0 Å². The van der Waals surface area contributed by atoms with Crippen molar-refractivity contribution in [2.45, 2.75) is 26.7 Å². The molecule has 2 aromatic carbocycles. The first-order valence-corrected chi connectivity index (χ1v) is 9.86. The second-order valence-corrected chi connectivity index (χ2v) is 7.42. The number of hydrogen-bond acceptors (Lipinski definition) is 5. The van der Waals surface area contributed by atoms with Crippen LogP contribution in [0.1, 0.15) is 25.6 Å². The zero-order valence-corrected chi connectivity index (χ0v) is 16.4. The minimum atomic E-state index is 0.706. The van der Waals surface area contributed by atoms with Crippen molar-refractivity contribution in [2.75, 3.05) is 23.3 Å². The van der Waals surface area contributed by atoms with Crippen molar-refractivity contribution in [3.63, 3.8) is 0 Å². The Bertz CT molecular complexity index is 912. The fourth-order valence-electron chi connectivity index (χ4n) is 3.55. The smallest absolute Gasteiger partial charge is 0.136 e. The molecular formula is C23H26N4O. The molecule has 2 heterocycles. The number of benzene rings is 2. The number of rotatable bonds is 5. The van der Waals surface area contributed by atoms with Gasteiger partial charge >= 0.3 is 0 Å². The maximum atomic E-state index is 5.85. The molecule has 0 spiro atoms. The first-order chi connectivity index (χ1) is 13.7. The van der Waals surface area contributed by atoms with Crippen LogP contribution in [0.25, 0.3) is 0 Å². The Balaban J connectivity index is 1.46. The van der Waals surface area contributed by atoms with E-state index >= 15 is 0 Å². The lowest BCUT2D eigenvalue weighted by atomic mass is 10.0. The number of hydrogen-bond donors (Lipinski definition) is 1. The van der Waals surface area contributed by atoms with E-state index < -0.39 is 0 Å². The summed E-state index contributed by atoms with van der Waals surface area (Å²) >= 11 is 0. The second-order valence-electron chi connectivity index (χ2n) is 7.42. The predicted octanol–water partition coefficient (Wildman–Crippen LogP) is 5.56. The zero-order valence-electron chi connectivity index (χ0n) is 16.4. The summed E-state index contributed by atoms with van der Waals surface area (Å²) in [7, 11) is 0. The molecule has 0 bridgehead atoms. The number of ether oxygens (including phenoxy) is 1. The summed E-state index contributed by atoms with van der Waals surface area (Å²) < 4.78 is 5.85. The van der Waals surface area contributed by atoms with Gasteiger partial charge in [0.25, 0.3) is 0 Å². The van der Waals surface area contributed by atoms with Crippen molar-refractivity contribution >= 4 is 17.3 Å². The van der Waals surface area contributed by atoms with Crippen LogP contribution in [0.15, 0.2) is 60.7 Å². The maximum absolute atomic E-state index is 5.85. The minimum Gasteiger partial charge on any atom is -0.457 e. The molecule has 5 nitrogen and oxygen atoms in total.